The average Bonchev–Trinajstić information content (AvgIpc) is 3.21. The van der Waals surface area contributed by atoms with Gasteiger partial charge in [-0.1, -0.05) is 43.6 Å². The Labute approximate surface area is 205 Å². The molecular weight excluding hydrogens is 494 g/mol. The zero-order valence-electron chi connectivity index (χ0n) is 19.3. The van der Waals surface area contributed by atoms with Crippen molar-refractivity contribution in [3.63, 3.8) is 0 Å². The number of carbonyl (C=O) groups excluding carboxylic acids is 1. The largest absolute Gasteiger partial charge is 0.416 e. The molecule has 0 radical (unpaired) electrons. The van der Waals surface area contributed by atoms with E-state index in [9.17, 15) is 31.1 Å². The predicted molar refractivity (Wildman–Crippen MR) is 121 cm³/mol. The number of benzene rings is 2. The van der Waals surface area contributed by atoms with Crippen LogP contribution in [0.4, 0.5) is 26.3 Å². The Morgan fingerprint density at radius 1 is 1.03 bits per heavy atom. The third kappa shape index (κ3) is 6.50. The molecule has 3 rings (SSSR count). The summed E-state index contributed by atoms with van der Waals surface area (Å²) in [6.07, 6.45) is -8.13. The first-order valence-electron chi connectivity index (χ1n) is 11.3. The number of halogens is 7. The van der Waals surface area contributed by atoms with Gasteiger partial charge < -0.3 is 10.6 Å². The van der Waals surface area contributed by atoms with Crippen LogP contribution in [0.1, 0.15) is 55.4 Å². The first-order chi connectivity index (χ1) is 16.2. The van der Waals surface area contributed by atoms with Gasteiger partial charge in [-0.3, -0.25) is 4.79 Å². The fourth-order valence-corrected chi connectivity index (χ4v) is 4.82. The summed E-state index contributed by atoms with van der Waals surface area (Å²) >= 11 is 6.20. The maximum absolute atomic E-state index is 13.2. The van der Waals surface area contributed by atoms with E-state index < -0.39 is 35.4 Å². The SMILES string of the molecule is CC(C)[C@]1(C(=O)NCc2cc(C(F)(F)F)cc(C(F)(F)F)c2)CC[C@@H](NCc2ccccc2Cl)C1. The fraction of sp³-hybridized carbons (Fsp3) is 0.480. The molecule has 1 aliphatic carbocycles. The highest BCUT2D eigenvalue weighted by atomic mass is 35.5. The van der Waals surface area contributed by atoms with E-state index in [1.54, 1.807) is 6.07 Å². The molecule has 2 N–H and O–H groups in total. The van der Waals surface area contributed by atoms with E-state index in [1.165, 1.54) is 0 Å². The molecule has 0 saturated heterocycles. The minimum absolute atomic E-state index is 0.0183. The quantitative estimate of drug-likeness (QED) is 0.387. The predicted octanol–water partition coefficient (Wildman–Crippen LogP) is 6.98. The van der Waals surface area contributed by atoms with E-state index >= 15 is 0 Å². The van der Waals surface area contributed by atoms with E-state index in [0.29, 0.717) is 43.0 Å². The van der Waals surface area contributed by atoms with Gasteiger partial charge in [0.1, 0.15) is 0 Å². The number of alkyl halides is 6. The number of nitrogens with one attached hydrogen (secondary N) is 2. The smallest absolute Gasteiger partial charge is 0.352 e. The van der Waals surface area contributed by atoms with Crippen molar-refractivity contribution in [1.82, 2.24) is 10.6 Å². The zero-order chi connectivity index (χ0) is 26.0. The van der Waals surface area contributed by atoms with Gasteiger partial charge in [-0.15, -0.1) is 0 Å². The lowest BCUT2D eigenvalue weighted by molar-refractivity contribution is -0.143. The average molecular weight is 521 g/mol. The Kier molecular flexibility index (Phi) is 8.11. The molecule has 2 aromatic rings. The lowest BCUT2D eigenvalue weighted by Crippen LogP contribution is -2.43. The van der Waals surface area contributed by atoms with Crippen LogP contribution in [0.15, 0.2) is 42.5 Å². The van der Waals surface area contributed by atoms with Crippen molar-refractivity contribution in [3.05, 3.63) is 69.7 Å². The molecule has 0 heterocycles. The van der Waals surface area contributed by atoms with Gasteiger partial charge >= 0.3 is 12.4 Å². The molecule has 0 bridgehead atoms. The van der Waals surface area contributed by atoms with E-state index in [-0.39, 0.29) is 29.5 Å². The second-order valence-corrected chi connectivity index (χ2v) is 9.73. The molecule has 2 atom stereocenters. The maximum Gasteiger partial charge on any atom is 0.416 e. The minimum Gasteiger partial charge on any atom is -0.352 e. The molecule has 1 saturated carbocycles. The van der Waals surface area contributed by atoms with Crippen LogP contribution in [0.25, 0.3) is 0 Å². The lowest BCUT2D eigenvalue weighted by Gasteiger charge is -2.32. The number of rotatable bonds is 7. The highest BCUT2D eigenvalue weighted by Gasteiger charge is 2.47. The molecular formula is C25H27ClF6N2O. The van der Waals surface area contributed by atoms with Crippen LogP contribution < -0.4 is 10.6 Å². The highest BCUT2D eigenvalue weighted by molar-refractivity contribution is 6.31. The fourth-order valence-electron chi connectivity index (χ4n) is 4.62. The second-order valence-electron chi connectivity index (χ2n) is 9.32. The Balaban J connectivity index is 1.71. The molecule has 0 spiro atoms. The number of carbonyl (C=O) groups is 1. The molecule has 3 nitrogen and oxygen atoms in total. The summed E-state index contributed by atoms with van der Waals surface area (Å²) in [7, 11) is 0. The second kappa shape index (κ2) is 10.4. The summed E-state index contributed by atoms with van der Waals surface area (Å²) in [6.45, 7) is 3.87. The number of hydrogen-bond donors (Lipinski definition) is 2. The topological polar surface area (TPSA) is 41.1 Å². The van der Waals surface area contributed by atoms with Crippen molar-refractivity contribution in [2.45, 2.75) is 64.6 Å². The molecule has 192 valence electrons. The van der Waals surface area contributed by atoms with Crippen LogP contribution in [-0.2, 0) is 30.2 Å². The van der Waals surface area contributed by atoms with Gasteiger partial charge in [0.05, 0.1) is 16.5 Å². The van der Waals surface area contributed by atoms with Crippen molar-refractivity contribution in [2.75, 3.05) is 0 Å². The summed E-state index contributed by atoms with van der Waals surface area (Å²) in [5.41, 5.74) is -2.93. The van der Waals surface area contributed by atoms with Crippen molar-refractivity contribution >= 4 is 17.5 Å². The first kappa shape index (κ1) is 27.3. The third-order valence-electron chi connectivity index (χ3n) is 6.75. The van der Waals surface area contributed by atoms with E-state index in [1.807, 2.05) is 32.0 Å². The van der Waals surface area contributed by atoms with Crippen molar-refractivity contribution in [3.8, 4) is 0 Å². The molecule has 0 aliphatic heterocycles. The molecule has 1 aliphatic rings. The summed E-state index contributed by atoms with van der Waals surface area (Å²) in [5, 5.41) is 6.64. The summed E-state index contributed by atoms with van der Waals surface area (Å²) in [4.78, 5) is 13.2. The van der Waals surface area contributed by atoms with E-state index in [2.05, 4.69) is 10.6 Å². The van der Waals surface area contributed by atoms with Crippen LogP contribution in [-0.4, -0.2) is 11.9 Å². The van der Waals surface area contributed by atoms with Gasteiger partial charge in [0.15, 0.2) is 0 Å². The van der Waals surface area contributed by atoms with Gasteiger partial charge in [-0.05, 0) is 60.6 Å². The Morgan fingerprint density at radius 2 is 1.63 bits per heavy atom. The normalized spacial score (nSPS) is 20.9. The monoisotopic (exact) mass is 520 g/mol. The van der Waals surface area contributed by atoms with Crippen LogP contribution in [0, 0.1) is 11.3 Å². The number of hydrogen-bond acceptors (Lipinski definition) is 2. The van der Waals surface area contributed by atoms with E-state index in [4.69, 9.17) is 11.6 Å². The number of amides is 1. The standard InChI is InChI=1S/C25H27ClF6N2O/c1-15(2)23(8-7-20(12-23)33-14-17-5-3-4-6-21(17)26)22(35)34-13-16-9-18(24(27,28)29)11-19(10-16)25(30,31)32/h3-6,9-11,15,20,33H,7-8,12-14H2,1-2H3,(H,34,35)/t20-,23+/m1/s1. The summed E-state index contributed by atoms with van der Waals surface area (Å²) in [6, 6.07) is 8.77. The molecule has 35 heavy (non-hydrogen) atoms. The Hall–Kier alpha value is -2.26. The molecule has 0 unspecified atom stereocenters. The Bertz CT molecular complexity index is 1020. The van der Waals surface area contributed by atoms with Gasteiger partial charge in [0.2, 0.25) is 5.91 Å². The summed E-state index contributed by atoms with van der Waals surface area (Å²) < 4.78 is 78.8. The van der Waals surface area contributed by atoms with Crippen molar-refractivity contribution in [2.24, 2.45) is 11.3 Å². The van der Waals surface area contributed by atoms with E-state index in [0.717, 1.165) is 5.56 Å². The van der Waals surface area contributed by atoms with Gasteiger partial charge in [0.25, 0.3) is 0 Å². The molecule has 10 heteroatoms. The van der Waals surface area contributed by atoms with Gasteiger partial charge in [-0.2, -0.15) is 26.3 Å². The molecule has 2 aromatic carbocycles. The van der Waals surface area contributed by atoms with Crippen LogP contribution in [0.5, 0.6) is 0 Å². The minimum atomic E-state index is -4.94. The molecule has 0 aromatic heterocycles. The molecule has 1 fully saturated rings. The van der Waals surface area contributed by atoms with Crippen LogP contribution in [0.2, 0.25) is 5.02 Å². The highest BCUT2D eigenvalue weighted by Crippen LogP contribution is 2.45. The maximum atomic E-state index is 13.2. The van der Waals surface area contributed by atoms with Crippen LogP contribution >= 0.6 is 11.6 Å². The van der Waals surface area contributed by atoms with Crippen molar-refractivity contribution in [1.29, 1.82) is 0 Å². The van der Waals surface area contributed by atoms with Gasteiger partial charge in [0, 0.05) is 24.2 Å². The zero-order valence-corrected chi connectivity index (χ0v) is 20.0. The lowest BCUT2D eigenvalue weighted by atomic mass is 9.74. The van der Waals surface area contributed by atoms with Crippen LogP contribution in [0.3, 0.4) is 0 Å². The summed E-state index contributed by atoms with van der Waals surface area (Å²) in [5.74, 6) is -0.456. The van der Waals surface area contributed by atoms with Gasteiger partial charge in [-0.25, -0.2) is 0 Å². The van der Waals surface area contributed by atoms with Crippen molar-refractivity contribution < 1.29 is 31.1 Å². The third-order valence-corrected chi connectivity index (χ3v) is 7.12. The first-order valence-corrected chi connectivity index (χ1v) is 11.6. The Morgan fingerprint density at radius 3 is 2.17 bits per heavy atom. The molecule has 1 amide bonds.